The molecule has 0 aliphatic rings. The van der Waals surface area contributed by atoms with Crippen LogP contribution in [0.5, 0.6) is 5.75 Å². The number of hydrogen-bond donors (Lipinski definition) is 1. The van der Waals surface area contributed by atoms with E-state index in [1.54, 1.807) is 13.4 Å². The quantitative estimate of drug-likeness (QED) is 0.842. The lowest BCUT2D eigenvalue weighted by atomic mass is 10.1. The Kier molecular flexibility index (Phi) is 5.21. The number of benzene rings is 1. The van der Waals surface area contributed by atoms with Gasteiger partial charge < -0.3 is 19.6 Å². The van der Waals surface area contributed by atoms with E-state index in [4.69, 9.17) is 19.6 Å². The molecule has 20 heavy (non-hydrogen) atoms. The molecule has 0 fully saturated rings. The minimum atomic E-state index is -0.284. The van der Waals surface area contributed by atoms with Crippen LogP contribution in [0.25, 0.3) is 0 Å². The lowest BCUT2D eigenvalue weighted by Gasteiger charge is -2.22. The summed E-state index contributed by atoms with van der Waals surface area (Å²) in [7, 11) is 1.67. The van der Waals surface area contributed by atoms with Gasteiger partial charge >= 0.3 is 0 Å². The first-order valence-corrected chi connectivity index (χ1v) is 6.78. The van der Waals surface area contributed by atoms with Crippen LogP contribution >= 0.6 is 0 Å². The Bertz CT molecular complexity index is 510. The first-order chi connectivity index (χ1) is 9.74. The highest BCUT2D eigenvalue weighted by Gasteiger charge is 2.23. The van der Waals surface area contributed by atoms with Crippen LogP contribution in [0, 0.1) is 0 Å². The SMILES string of the molecule is CCC(N)C(Oc1cccc(COC)c1)c1ccco1. The van der Waals surface area contributed by atoms with E-state index in [1.165, 1.54) is 0 Å². The number of nitrogens with two attached hydrogens (primary N) is 1. The van der Waals surface area contributed by atoms with Crippen LogP contribution in [0.4, 0.5) is 0 Å². The second-order valence-corrected chi connectivity index (χ2v) is 4.71. The van der Waals surface area contributed by atoms with Crippen LogP contribution in [0.15, 0.2) is 47.1 Å². The fourth-order valence-corrected chi connectivity index (χ4v) is 2.05. The third-order valence-electron chi connectivity index (χ3n) is 3.16. The molecule has 2 N–H and O–H groups in total. The molecule has 1 heterocycles. The molecule has 0 bridgehead atoms. The van der Waals surface area contributed by atoms with Crippen molar-refractivity contribution in [3.63, 3.8) is 0 Å². The minimum Gasteiger partial charge on any atom is -0.481 e. The first-order valence-electron chi connectivity index (χ1n) is 6.78. The molecular formula is C16H21NO3. The van der Waals surface area contributed by atoms with Crippen LogP contribution in [0.1, 0.15) is 30.8 Å². The molecule has 0 radical (unpaired) electrons. The Morgan fingerprint density at radius 3 is 2.75 bits per heavy atom. The summed E-state index contributed by atoms with van der Waals surface area (Å²) in [5.41, 5.74) is 7.21. The van der Waals surface area contributed by atoms with Gasteiger partial charge in [0.2, 0.25) is 0 Å². The van der Waals surface area contributed by atoms with Gasteiger partial charge in [-0.1, -0.05) is 19.1 Å². The summed E-state index contributed by atoms with van der Waals surface area (Å²) >= 11 is 0. The Balaban J connectivity index is 2.17. The van der Waals surface area contributed by atoms with E-state index in [1.807, 2.05) is 43.3 Å². The summed E-state index contributed by atoms with van der Waals surface area (Å²) in [4.78, 5) is 0. The number of hydrogen-bond acceptors (Lipinski definition) is 4. The number of methoxy groups -OCH3 is 1. The Morgan fingerprint density at radius 1 is 1.25 bits per heavy atom. The molecule has 0 aliphatic heterocycles. The largest absolute Gasteiger partial charge is 0.481 e. The van der Waals surface area contributed by atoms with Crippen molar-refractivity contribution in [3.05, 3.63) is 54.0 Å². The van der Waals surface area contributed by atoms with E-state index in [0.717, 1.165) is 23.5 Å². The summed E-state index contributed by atoms with van der Waals surface area (Å²) in [6, 6.07) is 11.4. The highest BCUT2D eigenvalue weighted by atomic mass is 16.5. The zero-order chi connectivity index (χ0) is 14.4. The van der Waals surface area contributed by atoms with Gasteiger partial charge in [-0.2, -0.15) is 0 Å². The molecule has 0 aliphatic carbocycles. The van der Waals surface area contributed by atoms with E-state index in [-0.39, 0.29) is 12.1 Å². The van der Waals surface area contributed by atoms with Gasteiger partial charge in [0, 0.05) is 13.2 Å². The van der Waals surface area contributed by atoms with Crippen LogP contribution in [-0.2, 0) is 11.3 Å². The van der Waals surface area contributed by atoms with Crippen molar-refractivity contribution in [1.29, 1.82) is 0 Å². The molecule has 108 valence electrons. The lowest BCUT2D eigenvalue weighted by Crippen LogP contribution is -2.31. The van der Waals surface area contributed by atoms with Crippen molar-refractivity contribution in [3.8, 4) is 5.75 Å². The molecule has 0 amide bonds. The van der Waals surface area contributed by atoms with Crippen molar-refractivity contribution in [2.75, 3.05) is 7.11 Å². The first kappa shape index (κ1) is 14.6. The molecule has 4 heteroatoms. The second-order valence-electron chi connectivity index (χ2n) is 4.71. The van der Waals surface area contributed by atoms with Gasteiger partial charge in [0.15, 0.2) is 6.10 Å². The molecule has 4 nitrogen and oxygen atoms in total. The normalized spacial score (nSPS) is 13.9. The predicted molar refractivity (Wildman–Crippen MR) is 77.5 cm³/mol. The van der Waals surface area contributed by atoms with Crippen molar-refractivity contribution < 1.29 is 13.9 Å². The van der Waals surface area contributed by atoms with E-state index in [2.05, 4.69) is 0 Å². The number of furan rings is 1. The summed E-state index contributed by atoms with van der Waals surface area (Å²) in [6.45, 7) is 2.59. The van der Waals surface area contributed by atoms with Crippen LogP contribution in [-0.4, -0.2) is 13.2 Å². The molecule has 0 saturated carbocycles. The molecule has 2 aromatic rings. The van der Waals surface area contributed by atoms with Crippen LogP contribution in [0.3, 0.4) is 0 Å². The number of ether oxygens (including phenoxy) is 2. The third-order valence-corrected chi connectivity index (χ3v) is 3.16. The van der Waals surface area contributed by atoms with E-state index in [0.29, 0.717) is 6.61 Å². The molecule has 2 unspecified atom stereocenters. The van der Waals surface area contributed by atoms with Gasteiger partial charge in [0.05, 0.1) is 12.9 Å². The molecule has 1 aromatic carbocycles. The zero-order valence-corrected chi connectivity index (χ0v) is 11.9. The van der Waals surface area contributed by atoms with Gasteiger partial charge in [-0.05, 0) is 36.2 Å². The zero-order valence-electron chi connectivity index (χ0n) is 11.9. The number of rotatable bonds is 7. The fraction of sp³-hybridized carbons (Fsp3) is 0.375. The highest BCUT2D eigenvalue weighted by Crippen LogP contribution is 2.26. The Morgan fingerprint density at radius 2 is 2.10 bits per heavy atom. The predicted octanol–water partition coefficient (Wildman–Crippen LogP) is 3.28. The lowest BCUT2D eigenvalue weighted by molar-refractivity contribution is 0.143. The molecule has 2 rings (SSSR count). The highest BCUT2D eigenvalue weighted by molar-refractivity contribution is 5.29. The monoisotopic (exact) mass is 275 g/mol. The smallest absolute Gasteiger partial charge is 0.171 e. The van der Waals surface area contributed by atoms with Gasteiger partial charge in [0.25, 0.3) is 0 Å². The van der Waals surface area contributed by atoms with Crippen molar-refractivity contribution in [2.24, 2.45) is 5.73 Å². The van der Waals surface area contributed by atoms with Gasteiger partial charge in [0.1, 0.15) is 11.5 Å². The molecule has 0 spiro atoms. The van der Waals surface area contributed by atoms with Gasteiger partial charge in [-0.15, -0.1) is 0 Å². The summed E-state index contributed by atoms with van der Waals surface area (Å²) in [5, 5.41) is 0. The molecule has 1 aromatic heterocycles. The summed E-state index contributed by atoms with van der Waals surface area (Å²) in [5.74, 6) is 1.52. The average molecular weight is 275 g/mol. The van der Waals surface area contributed by atoms with Crippen molar-refractivity contribution >= 4 is 0 Å². The average Bonchev–Trinajstić information content (AvgIpc) is 2.99. The molecule has 2 atom stereocenters. The van der Waals surface area contributed by atoms with Gasteiger partial charge in [-0.3, -0.25) is 0 Å². The Labute approximate surface area is 119 Å². The summed E-state index contributed by atoms with van der Waals surface area (Å²) < 4.78 is 16.6. The van der Waals surface area contributed by atoms with Crippen LogP contribution in [0.2, 0.25) is 0 Å². The third kappa shape index (κ3) is 3.62. The van der Waals surface area contributed by atoms with Crippen LogP contribution < -0.4 is 10.5 Å². The maximum Gasteiger partial charge on any atom is 0.171 e. The topological polar surface area (TPSA) is 57.6 Å². The minimum absolute atomic E-state index is 0.118. The van der Waals surface area contributed by atoms with E-state index >= 15 is 0 Å². The fourth-order valence-electron chi connectivity index (χ4n) is 2.05. The maximum atomic E-state index is 6.14. The molecular weight excluding hydrogens is 254 g/mol. The summed E-state index contributed by atoms with van der Waals surface area (Å²) in [6.07, 6.45) is 2.16. The van der Waals surface area contributed by atoms with Gasteiger partial charge in [-0.25, -0.2) is 0 Å². The van der Waals surface area contributed by atoms with E-state index < -0.39 is 0 Å². The van der Waals surface area contributed by atoms with Crippen molar-refractivity contribution in [2.45, 2.75) is 32.1 Å². The second kappa shape index (κ2) is 7.12. The maximum absolute atomic E-state index is 6.14. The van der Waals surface area contributed by atoms with Crippen molar-refractivity contribution in [1.82, 2.24) is 0 Å². The standard InChI is InChI=1S/C16H21NO3/c1-3-14(17)16(15-8-5-9-19-15)20-13-7-4-6-12(10-13)11-18-2/h4-10,14,16H,3,11,17H2,1-2H3. The Hall–Kier alpha value is -1.78. The molecule has 0 saturated heterocycles. The van der Waals surface area contributed by atoms with E-state index in [9.17, 15) is 0 Å².